The summed E-state index contributed by atoms with van der Waals surface area (Å²) >= 11 is 0. The van der Waals surface area contributed by atoms with E-state index in [2.05, 4.69) is 24.4 Å². The third-order valence-corrected chi connectivity index (χ3v) is 2.72. The summed E-state index contributed by atoms with van der Waals surface area (Å²) in [5.41, 5.74) is 2.58. The largest absolute Gasteiger partial charge is 0.273 e. The number of carbonyl (C=O) groups is 1. The minimum atomic E-state index is 0.0471. The highest BCUT2D eigenvalue weighted by molar-refractivity contribution is 5.76. The second-order valence-electron chi connectivity index (χ2n) is 4.51. The number of nitrogens with zero attached hydrogens (tertiary/aromatic N) is 1. The van der Waals surface area contributed by atoms with Gasteiger partial charge in [-0.25, -0.2) is 5.43 Å². The van der Waals surface area contributed by atoms with Crippen LogP contribution < -0.4 is 5.43 Å². The first-order valence-corrected chi connectivity index (χ1v) is 7.11. The fourth-order valence-electron chi connectivity index (χ4n) is 1.61. The second-order valence-corrected chi connectivity index (χ2v) is 4.51. The van der Waals surface area contributed by atoms with E-state index in [0.29, 0.717) is 6.42 Å². The van der Waals surface area contributed by atoms with Gasteiger partial charge in [-0.05, 0) is 19.3 Å². The fraction of sp³-hybridized carbons (Fsp3) is 0.857. The number of amides is 1. The maximum absolute atomic E-state index is 11.3. The predicted octanol–water partition coefficient (Wildman–Crippen LogP) is 4.03. The van der Waals surface area contributed by atoms with Crippen LogP contribution in [0, 0.1) is 0 Å². The van der Waals surface area contributed by atoms with Crippen molar-refractivity contribution >= 4 is 12.1 Å². The molecule has 0 spiro atoms. The van der Waals surface area contributed by atoms with E-state index in [-0.39, 0.29) is 5.91 Å². The van der Waals surface area contributed by atoms with E-state index in [9.17, 15) is 4.79 Å². The van der Waals surface area contributed by atoms with E-state index in [1.807, 2.05) is 6.21 Å². The zero-order valence-electron chi connectivity index (χ0n) is 11.5. The van der Waals surface area contributed by atoms with Gasteiger partial charge in [0.1, 0.15) is 0 Å². The smallest absolute Gasteiger partial charge is 0.240 e. The van der Waals surface area contributed by atoms with Crippen molar-refractivity contribution in [1.29, 1.82) is 0 Å². The Hall–Kier alpha value is -0.860. The molecule has 0 heterocycles. The summed E-state index contributed by atoms with van der Waals surface area (Å²) in [7, 11) is 0. The lowest BCUT2D eigenvalue weighted by molar-refractivity contribution is -0.121. The van der Waals surface area contributed by atoms with Gasteiger partial charge in [0.2, 0.25) is 5.91 Å². The highest BCUT2D eigenvalue weighted by Gasteiger charge is 1.97. The summed E-state index contributed by atoms with van der Waals surface area (Å²) in [6.45, 7) is 4.37. The van der Waals surface area contributed by atoms with Crippen LogP contribution in [0.15, 0.2) is 5.10 Å². The zero-order valence-corrected chi connectivity index (χ0v) is 11.5. The van der Waals surface area contributed by atoms with Gasteiger partial charge in [-0.1, -0.05) is 52.4 Å². The molecule has 3 heteroatoms. The van der Waals surface area contributed by atoms with Crippen molar-refractivity contribution in [2.45, 2.75) is 78.1 Å². The second kappa shape index (κ2) is 13.2. The lowest BCUT2D eigenvalue weighted by Gasteiger charge is -1.99. The molecular weight excluding hydrogens is 212 g/mol. The molecule has 0 atom stereocenters. The molecular formula is C14H28N2O. The molecule has 1 amide bonds. The van der Waals surface area contributed by atoms with Crippen LogP contribution in [-0.2, 0) is 4.79 Å². The molecule has 0 aromatic carbocycles. The Labute approximate surface area is 106 Å². The standard InChI is InChI=1S/C14H28N2O/c1-3-5-7-9-11-13-15-16-14(17)12-10-8-6-4-2/h13H,3-12H2,1-2H3,(H,16,17). The lowest BCUT2D eigenvalue weighted by atomic mass is 10.1. The maximum atomic E-state index is 11.3. The van der Waals surface area contributed by atoms with Gasteiger partial charge in [0, 0.05) is 12.6 Å². The Morgan fingerprint density at radius 2 is 1.65 bits per heavy atom. The lowest BCUT2D eigenvalue weighted by Crippen LogP contribution is -2.16. The van der Waals surface area contributed by atoms with Crippen molar-refractivity contribution < 1.29 is 4.79 Å². The van der Waals surface area contributed by atoms with Crippen LogP contribution in [0.5, 0.6) is 0 Å². The van der Waals surface area contributed by atoms with E-state index in [4.69, 9.17) is 0 Å². The summed E-state index contributed by atoms with van der Waals surface area (Å²) in [5.74, 6) is 0.0471. The molecule has 0 radical (unpaired) electrons. The van der Waals surface area contributed by atoms with Crippen molar-refractivity contribution in [3.8, 4) is 0 Å². The van der Waals surface area contributed by atoms with Crippen molar-refractivity contribution in [2.75, 3.05) is 0 Å². The SMILES string of the molecule is CCCCCCC=NNC(=O)CCCCCC. The van der Waals surface area contributed by atoms with Crippen LogP contribution in [0.2, 0.25) is 0 Å². The fourth-order valence-corrected chi connectivity index (χ4v) is 1.61. The van der Waals surface area contributed by atoms with Crippen molar-refractivity contribution in [2.24, 2.45) is 5.10 Å². The number of hydrogen-bond donors (Lipinski definition) is 1. The van der Waals surface area contributed by atoms with Gasteiger partial charge in [0.15, 0.2) is 0 Å². The molecule has 17 heavy (non-hydrogen) atoms. The Bertz CT molecular complexity index is 202. The first-order valence-electron chi connectivity index (χ1n) is 7.11. The highest BCUT2D eigenvalue weighted by atomic mass is 16.2. The molecule has 0 aliphatic rings. The minimum absolute atomic E-state index is 0.0471. The predicted molar refractivity (Wildman–Crippen MR) is 74.2 cm³/mol. The van der Waals surface area contributed by atoms with E-state index in [1.165, 1.54) is 38.5 Å². The van der Waals surface area contributed by atoms with Gasteiger partial charge >= 0.3 is 0 Å². The van der Waals surface area contributed by atoms with Crippen LogP contribution in [0.25, 0.3) is 0 Å². The van der Waals surface area contributed by atoms with Gasteiger partial charge in [-0.3, -0.25) is 4.79 Å². The number of unbranched alkanes of at least 4 members (excludes halogenated alkanes) is 7. The van der Waals surface area contributed by atoms with Gasteiger partial charge in [0.25, 0.3) is 0 Å². The number of hydrazone groups is 1. The molecule has 100 valence electrons. The summed E-state index contributed by atoms with van der Waals surface area (Å²) < 4.78 is 0. The van der Waals surface area contributed by atoms with Gasteiger partial charge in [-0.2, -0.15) is 5.10 Å². The quantitative estimate of drug-likeness (QED) is 0.331. The van der Waals surface area contributed by atoms with Crippen LogP contribution >= 0.6 is 0 Å². The monoisotopic (exact) mass is 240 g/mol. The van der Waals surface area contributed by atoms with Crippen LogP contribution in [0.1, 0.15) is 78.1 Å². The molecule has 0 aliphatic carbocycles. The minimum Gasteiger partial charge on any atom is -0.273 e. The first kappa shape index (κ1) is 16.1. The molecule has 3 nitrogen and oxygen atoms in total. The molecule has 0 unspecified atom stereocenters. The number of nitrogens with one attached hydrogen (secondary N) is 1. The molecule has 0 bridgehead atoms. The molecule has 0 aromatic rings. The Morgan fingerprint density at radius 1 is 1.00 bits per heavy atom. The molecule has 0 rings (SSSR count). The first-order chi connectivity index (χ1) is 8.31. The third kappa shape index (κ3) is 13.1. The van der Waals surface area contributed by atoms with Crippen molar-refractivity contribution in [3.05, 3.63) is 0 Å². The average Bonchev–Trinajstić information content (AvgIpc) is 2.33. The zero-order chi connectivity index (χ0) is 12.8. The van der Waals surface area contributed by atoms with Crippen LogP contribution in [0.4, 0.5) is 0 Å². The molecule has 0 saturated carbocycles. The normalized spacial score (nSPS) is 10.9. The number of hydrogen-bond acceptors (Lipinski definition) is 2. The molecule has 1 N–H and O–H groups in total. The molecule has 0 aromatic heterocycles. The van der Waals surface area contributed by atoms with Crippen LogP contribution in [0.3, 0.4) is 0 Å². The topological polar surface area (TPSA) is 41.5 Å². The van der Waals surface area contributed by atoms with E-state index in [1.54, 1.807) is 0 Å². The summed E-state index contributed by atoms with van der Waals surface area (Å²) in [4.78, 5) is 11.3. The molecule has 0 fully saturated rings. The highest BCUT2D eigenvalue weighted by Crippen LogP contribution is 2.02. The maximum Gasteiger partial charge on any atom is 0.240 e. The van der Waals surface area contributed by atoms with Crippen molar-refractivity contribution in [3.63, 3.8) is 0 Å². The third-order valence-electron chi connectivity index (χ3n) is 2.72. The Morgan fingerprint density at radius 3 is 2.29 bits per heavy atom. The number of carbonyl (C=O) groups excluding carboxylic acids is 1. The van der Waals surface area contributed by atoms with E-state index >= 15 is 0 Å². The number of rotatable bonds is 11. The molecule has 0 aliphatic heterocycles. The van der Waals surface area contributed by atoms with Gasteiger partial charge < -0.3 is 0 Å². The summed E-state index contributed by atoms with van der Waals surface area (Å²) in [6, 6.07) is 0. The van der Waals surface area contributed by atoms with Crippen LogP contribution in [-0.4, -0.2) is 12.1 Å². The van der Waals surface area contributed by atoms with Crippen molar-refractivity contribution in [1.82, 2.24) is 5.43 Å². The summed E-state index contributed by atoms with van der Waals surface area (Å²) in [5, 5.41) is 3.94. The average molecular weight is 240 g/mol. The van der Waals surface area contributed by atoms with Gasteiger partial charge in [-0.15, -0.1) is 0 Å². The van der Waals surface area contributed by atoms with E-state index < -0.39 is 0 Å². The Kier molecular flexibility index (Phi) is 12.5. The van der Waals surface area contributed by atoms with E-state index in [0.717, 1.165) is 19.3 Å². The Balaban J connectivity index is 3.27. The molecule has 0 saturated heterocycles. The van der Waals surface area contributed by atoms with Gasteiger partial charge in [0.05, 0.1) is 0 Å². The summed E-state index contributed by atoms with van der Waals surface area (Å²) in [6.07, 6.45) is 12.9.